The molecular weight excluding hydrogens is 1200 g/mol. The lowest BCUT2D eigenvalue weighted by molar-refractivity contribution is -0.139. The third kappa shape index (κ3) is 22.8. The molecule has 0 aliphatic heterocycles. The van der Waals surface area contributed by atoms with Gasteiger partial charge in [0.05, 0.1) is 56.7 Å². The van der Waals surface area contributed by atoms with Gasteiger partial charge in [-0.25, -0.2) is 4.79 Å². The summed E-state index contributed by atoms with van der Waals surface area (Å²) in [6, 6.07) is 17.2. The minimum atomic E-state index is -1.39. The number of carboxylic acid groups (broad SMARTS) is 1. The number of aromatic hydroxyl groups is 1. The van der Waals surface area contributed by atoms with Crippen molar-refractivity contribution in [3.05, 3.63) is 125 Å². The molecule has 8 amide bonds. The summed E-state index contributed by atoms with van der Waals surface area (Å²) in [6.07, 6.45) is 4.78. The maximum atomic E-state index is 14.3. The molecule has 28 nitrogen and oxygen atoms in total. The fourth-order valence-corrected chi connectivity index (χ4v) is 9.71. The molecule has 20 N–H and O–H groups in total. The number of rotatable bonds is 39. The van der Waals surface area contributed by atoms with E-state index in [2.05, 4.69) is 42.5 Å². The summed E-state index contributed by atoms with van der Waals surface area (Å²) in [5.41, 5.74) is 30.0. The molecule has 0 saturated heterocycles. The smallest absolute Gasteiger partial charge is 0.326 e. The van der Waals surface area contributed by atoms with E-state index in [4.69, 9.17) is 47.6 Å². The van der Waals surface area contributed by atoms with Gasteiger partial charge in [0.1, 0.15) is 52.9 Å². The Balaban J connectivity index is 1.33. The molecule has 5 rings (SSSR count). The number of phenolic OH excluding ortho intramolecular Hbond substituents is 1. The first kappa shape index (κ1) is 73.9. The Morgan fingerprint density at radius 2 is 0.667 bits per heavy atom. The number of nitrogens with one attached hydrogen (secondary N) is 8. The van der Waals surface area contributed by atoms with Gasteiger partial charge in [-0.05, 0) is 187 Å². The Bertz CT molecular complexity index is 3370. The van der Waals surface area contributed by atoms with Crippen molar-refractivity contribution in [1.82, 2.24) is 21.3 Å². The normalized spacial score (nSPS) is 12.5. The molecule has 0 spiro atoms. The molecule has 0 bridgehead atoms. The Hall–Kier alpha value is -9.87. The number of aliphatic carboxylic acids is 1. The summed E-state index contributed by atoms with van der Waals surface area (Å²) in [7, 11) is 5.34. The van der Waals surface area contributed by atoms with Crippen molar-refractivity contribution in [2.45, 2.75) is 114 Å². The maximum absolute atomic E-state index is 14.3. The first-order chi connectivity index (χ1) is 44.7. The second kappa shape index (κ2) is 38.1. The minimum absolute atomic E-state index is 0.0190. The summed E-state index contributed by atoms with van der Waals surface area (Å²) in [5, 5.41) is 41.4. The molecule has 0 aliphatic rings. The number of hydrogen-bond acceptors (Lipinski definition) is 19. The topological polar surface area (TPSA) is 457 Å². The van der Waals surface area contributed by atoms with Crippen molar-refractivity contribution in [3.63, 3.8) is 0 Å². The highest BCUT2D eigenvalue weighted by atomic mass is 16.5. The summed E-state index contributed by atoms with van der Waals surface area (Å²) in [6.45, 7) is 1.36. The second-order valence-corrected chi connectivity index (χ2v) is 21.7. The number of hydrogen-bond donors (Lipinski definition) is 15. The zero-order valence-electron chi connectivity index (χ0n) is 52.7. The summed E-state index contributed by atoms with van der Waals surface area (Å²) >= 11 is 0. The molecule has 0 aromatic heterocycles. The van der Waals surface area contributed by atoms with Gasteiger partial charge in [-0.1, -0.05) is 18.6 Å². The maximum Gasteiger partial charge on any atom is 0.326 e. The van der Waals surface area contributed by atoms with Crippen LogP contribution in [0.1, 0.15) is 124 Å². The zero-order valence-corrected chi connectivity index (χ0v) is 52.7. The van der Waals surface area contributed by atoms with Crippen LogP contribution in [0.25, 0.3) is 0 Å². The van der Waals surface area contributed by atoms with Crippen LogP contribution in [-0.2, 0) is 30.4 Å². The Labute approximate surface area is 539 Å². The van der Waals surface area contributed by atoms with Gasteiger partial charge in [-0.2, -0.15) is 0 Å². The molecule has 5 aromatic rings. The number of methoxy groups -OCH3 is 4. The number of amides is 8. The molecule has 0 saturated carbocycles. The number of anilines is 4. The van der Waals surface area contributed by atoms with Gasteiger partial charge < -0.3 is 100 Å². The lowest BCUT2D eigenvalue weighted by Crippen LogP contribution is -2.44. The Morgan fingerprint density at radius 1 is 0.387 bits per heavy atom. The lowest BCUT2D eigenvalue weighted by Gasteiger charge is -2.22. The molecule has 502 valence electrons. The van der Waals surface area contributed by atoms with Gasteiger partial charge >= 0.3 is 5.97 Å². The first-order valence-electron chi connectivity index (χ1n) is 30.5. The number of carbonyl (C=O) groups excluding carboxylic acids is 8. The summed E-state index contributed by atoms with van der Waals surface area (Å²) in [5.74, 6) is -6.51. The summed E-state index contributed by atoms with van der Waals surface area (Å²) in [4.78, 5) is 124. The van der Waals surface area contributed by atoms with E-state index < -0.39 is 83.4 Å². The largest absolute Gasteiger partial charge is 0.508 e. The van der Waals surface area contributed by atoms with Gasteiger partial charge in [0.2, 0.25) is 23.6 Å². The van der Waals surface area contributed by atoms with E-state index in [9.17, 15) is 53.4 Å². The second-order valence-electron chi connectivity index (χ2n) is 21.7. The number of benzene rings is 5. The number of phenols is 1. The highest BCUT2D eigenvalue weighted by molar-refractivity contribution is 6.08. The molecule has 5 atom stereocenters. The van der Waals surface area contributed by atoms with Crippen LogP contribution in [0, 0.1) is 0 Å². The lowest BCUT2D eigenvalue weighted by atomic mass is 10.0. The van der Waals surface area contributed by atoms with E-state index in [0.717, 1.165) is 0 Å². The standard InChI is InChI=1S/C65H87N13O15/c1-90-53-25-19-39(71-61(84)48(70)13-5-9-29-66)34-44(53)57(80)75-49(14-6-10-30-67)62(85)72-40-20-26-54(91-2)45(35-40)58(81)76-50(15-7-11-31-68)63(86)73-41-21-27-55(92-3)46(36-41)59(82)77-51(16-8-12-32-69)64(87)74-42-22-28-56(93-4)47(37-42)60(83)78-52(65(88)89)33-38-17-23-43(79)24-18-38/h17-28,34-37,48-52,79H,5-16,29-33,66-70H2,1-4H3,(H,71,84)(H,72,85)(H,73,86)(H,74,87)(H,75,80)(H,76,81)(H,77,82)(H,78,83)(H,88,89). The predicted octanol–water partition coefficient (Wildman–Crippen LogP) is 3.85. The third-order valence-electron chi connectivity index (χ3n) is 14.8. The molecule has 5 aromatic carbocycles. The fraction of sp³-hybridized carbons (Fsp3) is 0.400. The van der Waals surface area contributed by atoms with Crippen LogP contribution in [0.4, 0.5) is 22.7 Å². The molecule has 0 radical (unpaired) electrons. The molecule has 0 aliphatic carbocycles. The highest BCUT2D eigenvalue weighted by Crippen LogP contribution is 2.29. The van der Waals surface area contributed by atoms with Gasteiger partial charge in [-0.15, -0.1) is 0 Å². The first-order valence-corrected chi connectivity index (χ1v) is 30.5. The van der Waals surface area contributed by atoms with Crippen molar-refractivity contribution in [2.24, 2.45) is 28.7 Å². The Morgan fingerprint density at radius 3 is 0.946 bits per heavy atom. The van der Waals surface area contributed by atoms with Crippen LogP contribution in [-0.4, -0.2) is 148 Å². The monoisotopic (exact) mass is 1290 g/mol. The molecule has 5 unspecified atom stereocenters. The van der Waals surface area contributed by atoms with Crippen LogP contribution in [0.3, 0.4) is 0 Å². The van der Waals surface area contributed by atoms with E-state index >= 15 is 0 Å². The quantitative estimate of drug-likeness (QED) is 0.0248. The molecular formula is C65H87N13O15. The van der Waals surface area contributed by atoms with Crippen molar-refractivity contribution >= 4 is 76.0 Å². The van der Waals surface area contributed by atoms with Crippen LogP contribution in [0.15, 0.2) is 97.1 Å². The number of nitrogens with two attached hydrogens (primary N) is 5. The van der Waals surface area contributed by atoms with Gasteiger partial charge in [0.15, 0.2) is 0 Å². The SMILES string of the molecule is COc1ccc(NC(=O)C(CCCCN)NC(=O)c2cc(NC(=O)C(CCCCN)NC(=O)c3cc(NC(=O)C(CCCCN)NC(=O)c4cc(NC(=O)C(N)CCCCN)ccc4OC)ccc3OC)ccc2OC)cc1C(=O)NC(Cc1ccc(O)cc1)C(=O)O. The summed E-state index contributed by atoms with van der Waals surface area (Å²) < 4.78 is 22.0. The number of unbranched alkanes of at least 4 members (excludes halogenated alkanes) is 4. The molecule has 28 heteroatoms. The van der Waals surface area contributed by atoms with E-state index in [0.29, 0.717) is 76.4 Å². The van der Waals surface area contributed by atoms with E-state index in [1.807, 2.05) is 0 Å². The van der Waals surface area contributed by atoms with Gasteiger partial charge in [0, 0.05) is 29.2 Å². The third-order valence-corrected chi connectivity index (χ3v) is 14.8. The average molecular weight is 1290 g/mol. The highest BCUT2D eigenvalue weighted by Gasteiger charge is 2.30. The van der Waals surface area contributed by atoms with Gasteiger partial charge in [-0.3, -0.25) is 38.4 Å². The van der Waals surface area contributed by atoms with Crippen LogP contribution in [0.5, 0.6) is 28.7 Å². The Kier molecular flexibility index (Phi) is 30.3. The minimum Gasteiger partial charge on any atom is -0.508 e. The van der Waals surface area contributed by atoms with Crippen molar-refractivity contribution in [1.29, 1.82) is 0 Å². The van der Waals surface area contributed by atoms with E-state index in [1.54, 1.807) is 6.07 Å². The van der Waals surface area contributed by atoms with Crippen molar-refractivity contribution in [3.8, 4) is 28.7 Å². The van der Waals surface area contributed by atoms with Crippen LogP contribution < -0.4 is 90.2 Å². The van der Waals surface area contributed by atoms with Crippen LogP contribution >= 0.6 is 0 Å². The predicted molar refractivity (Wildman–Crippen MR) is 351 cm³/mol. The van der Waals surface area contributed by atoms with Crippen molar-refractivity contribution in [2.75, 3.05) is 75.9 Å². The fourth-order valence-electron chi connectivity index (χ4n) is 9.71. The van der Waals surface area contributed by atoms with E-state index in [1.165, 1.54) is 119 Å². The van der Waals surface area contributed by atoms with E-state index in [-0.39, 0.29) is 113 Å². The molecule has 0 fully saturated rings. The van der Waals surface area contributed by atoms with Crippen molar-refractivity contribution < 1.29 is 72.3 Å². The number of ether oxygens (including phenoxy) is 4. The number of carboxylic acids is 1. The zero-order chi connectivity index (χ0) is 68.0. The van der Waals surface area contributed by atoms with Gasteiger partial charge in [0.25, 0.3) is 23.6 Å². The average Bonchev–Trinajstić information content (AvgIpc) is 0.930. The van der Waals surface area contributed by atoms with Crippen LogP contribution in [0.2, 0.25) is 0 Å². The molecule has 0 heterocycles. The number of carbonyl (C=O) groups is 9. The molecule has 93 heavy (non-hydrogen) atoms.